The number of halogens is 1. The number of aromatic nitrogens is 4. The van der Waals surface area contributed by atoms with Crippen molar-refractivity contribution < 1.29 is 13.9 Å². The highest BCUT2D eigenvalue weighted by Gasteiger charge is 2.18. The van der Waals surface area contributed by atoms with Crippen LogP contribution in [0.2, 0.25) is 0 Å². The number of ether oxygens (including phenoxy) is 2. The normalized spacial score (nSPS) is 11.2. The molecule has 5 rings (SSSR count). The molecule has 0 unspecified atom stereocenters. The molecule has 0 aliphatic carbocycles. The van der Waals surface area contributed by atoms with Crippen LogP contribution in [0, 0.1) is 5.82 Å². The van der Waals surface area contributed by atoms with E-state index in [9.17, 15) is 4.39 Å². The summed E-state index contributed by atoms with van der Waals surface area (Å²) < 4.78 is 26.5. The molecule has 0 aliphatic heterocycles. The lowest BCUT2D eigenvalue weighted by atomic mass is 10.1. The Kier molecular flexibility index (Phi) is 7.19. The van der Waals surface area contributed by atoms with Gasteiger partial charge in [0.05, 0.1) is 31.3 Å². The van der Waals surface area contributed by atoms with Crippen LogP contribution in [0.4, 0.5) is 10.3 Å². The van der Waals surface area contributed by atoms with Gasteiger partial charge in [0.25, 0.3) is 0 Å². The Hall–Kier alpha value is -4.50. The topological polar surface area (TPSA) is 76.8 Å². The van der Waals surface area contributed by atoms with E-state index in [2.05, 4.69) is 27.3 Å². The Bertz CT molecular complexity index is 1540. The molecule has 9 heteroatoms. The summed E-state index contributed by atoms with van der Waals surface area (Å²) in [6, 6.07) is 18.0. The third-order valence-electron chi connectivity index (χ3n) is 6.07. The van der Waals surface area contributed by atoms with Crippen LogP contribution < -0.4 is 14.8 Å². The summed E-state index contributed by atoms with van der Waals surface area (Å²) in [7, 11) is 7.30. The van der Waals surface area contributed by atoms with E-state index in [-0.39, 0.29) is 5.82 Å². The Labute approximate surface area is 220 Å². The summed E-state index contributed by atoms with van der Waals surface area (Å²) in [5.41, 5.74) is 5.91. The molecule has 5 aromatic rings. The van der Waals surface area contributed by atoms with Gasteiger partial charge in [-0.25, -0.2) is 19.3 Å². The number of fused-ring (bicyclic) bond motifs is 1. The summed E-state index contributed by atoms with van der Waals surface area (Å²) in [5, 5.41) is 3.29. The SMILES string of the molecule is COc1cc(CNc2nccc(-c3c(-c4ccc(F)cc4)nc4cc(CN(C)C)ccn34)n2)cc(OC)c1. The molecular weight excluding hydrogens is 483 g/mol. The third kappa shape index (κ3) is 5.42. The van der Waals surface area contributed by atoms with E-state index in [1.165, 1.54) is 12.1 Å². The van der Waals surface area contributed by atoms with Crippen LogP contribution in [0.25, 0.3) is 28.3 Å². The molecule has 38 heavy (non-hydrogen) atoms. The van der Waals surface area contributed by atoms with Gasteiger partial charge in [-0.1, -0.05) is 0 Å². The van der Waals surface area contributed by atoms with Crippen molar-refractivity contribution in [3.05, 3.63) is 90.0 Å². The minimum absolute atomic E-state index is 0.296. The van der Waals surface area contributed by atoms with Crippen LogP contribution in [0.15, 0.2) is 73.1 Å². The average Bonchev–Trinajstić information content (AvgIpc) is 3.30. The van der Waals surface area contributed by atoms with Gasteiger partial charge in [-0.2, -0.15) is 0 Å². The number of hydrogen-bond donors (Lipinski definition) is 1. The van der Waals surface area contributed by atoms with Crippen molar-refractivity contribution in [2.75, 3.05) is 33.6 Å². The molecule has 8 nitrogen and oxygen atoms in total. The van der Waals surface area contributed by atoms with Crippen LogP contribution in [0.3, 0.4) is 0 Å². The van der Waals surface area contributed by atoms with Crippen molar-refractivity contribution in [3.63, 3.8) is 0 Å². The van der Waals surface area contributed by atoms with E-state index in [1.807, 2.05) is 49.0 Å². The largest absolute Gasteiger partial charge is 0.497 e. The zero-order valence-corrected chi connectivity index (χ0v) is 21.8. The fourth-order valence-electron chi connectivity index (χ4n) is 4.33. The first-order chi connectivity index (χ1) is 18.4. The number of rotatable bonds is 9. The van der Waals surface area contributed by atoms with E-state index < -0.39 is 0 Å². The van der Waals surface area contributed by atoms with Crippen molar-refractivity contribution in [2.45, 2.75) is 13.1 Å². The van der Waals surface area contributed by atoms with E-state index in [0.717, 1.165) is 34.6 Å². The van der Waals surface area contributed by atoms with Gasteiger partial charge in [0, 0.05) is 37.1 Å². The molecule has 2 aromatic carbocycles. The number of benzene rings is 2. The predicted molar refractivity (Wildman–Crippen MR) is 146 cm³/mol. The standard InChI is InChI=1S/C29H29FN6O2/c1-35(2)18-19-10-12-36-26(15-19)34-27(21-5-7-22(30)8-6-21)28(36)25-9-11-31-29(33-25)32-17-20-13-23(37-3)16-24(14-20)38-4/h5-16H,17-18H2,1-4H3,(H,31,32,33). The number of pyridine rings is 1. The average molecular weight is 513 g/mol. The molecule has 0 radical (unpaired) electrons. The molecule has 0 amide bonds. The maximum Gasteiger partial charge on any atom is 0.223 e. The number of imidazole rings is 1. The summed E-state index contributed by atoms with van der Waals surface area (Å²) in [4.78, 5) is 16.3. The van der Waals surface area contributed by atoms with Crippen molar-refractivity contribution >= 4 is 11.6 Å². The minimum Gasteiger partial charge on any atom is -0.497 e. The predicted octanol–water partition coefficient (Wildman–Crippen LogP) is 5.29. The molecule has 0 spiro atoms. The van der Waals surface area contributed by atoms with Crippen molar-refractivity contribution in [3.8, 4) is 34.1 Å². The highest BCUT2D eigenvalue weighted by atomic mass is 19.1. The maximum atomic E-state index is 13.7. The molecular formula is C29H29FN6O2. The summed E-state index contributed by atoms with van der Waals surface area (Å²) in [5.74, 6) is 1.58. The summed E-state index contributed by atoms with van der Waals surface area (Å²) >= 11 is 0. The first-order valence-electron chi connectivity index (χ1n) is 12.1. The molecule has 3 heterocycles. The second kappa shape index (κ2) is 10.9. The number of nitrogens with zero attached hydrogens (tertiary/aromatic N) is 5. The molecule has 0 fully saturated rings. The molecule has 194 valence electrons. The minimum atomic E-state index is -0.296. The van der Waals surface area contributed by atoms with Crippen LogP contribution in [-0.4, -0.2) is 52.6 Å². The second-order valence-corrected chi connectivity index (χ2v) is 9.16. The highest BCUT2D eigenvalue weighted by Crippen LogP contribution is 2.33. The zero-order valence-electron chi connectivity index (χ0n) is 21.8. The number of methoxy groups -OCH3 is 2. The molecule has 1 N–H and O–H groups in total. The summed E-state index contributed by atoms with van der Waals surface area (Å²) in [6.07, 6.45) is 3.71. The molecule has 0 saturated carbocycles. The van der Waals surface area contributed by atoms with Gasteiger partial charge in [-0.15, -0.1) is 0 Å². The van der Waals surface area contributed by atoms with Gasteiger partial charge in [0.1, 0.15) is 23.0 Å². The first-order valence-corrected chi connectivity index (χ1v) is 12.1. The Balaban J connectivity index is 1.53. The first kappa shape index (κ1) is 25.2. The third-order valence-corrected chi connectivity index (χ3v) is 6.07. The quantitative estimate of drug-likeness (QED) is 0.288. The maximum absolute atomic E-state index is 13.7. The lowest BCUT2D eigenvalue weighted by Gasteiger charge is -2.11. The lowest BCUT2D eigenvalue weighted by molar-refractivity contribution is 0.393. The monoisotopic (exact) mass is 512 g/mol. The van der Waals surface area contributed by atoms with Gasteiger partial charge in [0.15, 0.2) is 0 Å². The smallest absolute Gasteiger partial charge is 0.223 e. The second-order valence-electron chi connectivity index (χ2n) is 9.16. The number of hydrogen-bond acceptors (Lipinski definition) is 7. The van der Waals surface area contributed by atoms with Crippen LogP contribution in [0.5, 0.6) is 11.5 Å². The van der Waals surface area contributed by atoms with Gasteiger partial charge in [-0.3, -0.25) is 4.40 Å². The molecule has 0 atom stereocenters. The number of nitrogens with one attached hydrogen (secondary N) is 1. The zero-order chi connectivity index (χ0) is 26.6. The van der Waals surface area contributed by atoms with Gasteiger partial charge in [-0.05, 0) is 79.8 Å². The fraction of sp³-hybridized carbons (Fsp3) is 0.207. The van der Waals surface area contributed by atoms with Gasteiger partial charge >= 0.3 is 0 Å². The van der Waals surface area contributed by atoms with Crippen LogP contribution >= 0.6 is 0 Å². The Morgan fingerprint density at radius 3 is 2.32 bits per heavy atom. The van der Waals surface area contributed by atoms with Gasteiger partial charge < -0.3 is 19.7 Å². The van der Waals surface area contributed by atoms with E-state index >= 15 is 0 Å². The Morgan fingerprint density at radius 1 is 0.895 bits per heavy atom. The van der Waals surface area contributed by atoms with Crippen LogP contribution in [-0.2, 0) is 13.1 Å². The van der Waals surface area contributed by atoms with E-state index in [0.29, 0.717) is 35.4 Å². The van der Waals surface area contributed by atoms with E-state index in [4.69, 9.17) is 19.4 Å². The number of anilines is 1. The summed E-state index contributed by atoms with van der Waals surface area (Å²) in [6.45, 7) is 1.27. The Morgan fingerprint density at radius 2 is 1.63 bits per heavy atom. The van der Waals surface area contributed by atoms with Crippen molar-refractivity contribution in [1.29, 1.82) is 0 Å². The van der Waals surface area contributed by atoms with Crippen LogP contribution in [0.1, 0.15) is 11.1 Å². The molecule has 3 aromatic heterocycles. The van der Waals surface area contributed by atoms with E-state index in [1.54, 1.807) is 32.5 Å². The molecule has 0 saturated heterocycles. The molecule has 0 bridgehead atoms. The van der Waals surface area contributed by atoms with Crippen molar-refractivity contribution in [1.82, 2.24) is 24.3 Å². The fourth-order valence-corrected chi connectivity index (χ4v) is 4.33. The lowest BCUT2D eigenvalue weighted by Crippen LogP contribution is -2.10. The molecule has 0 aliphatic rings. The highest BCUT2D eigenvalue weighted by molar-refractivity contribution is 5.80. The van der Waals surface area contributed by atoms with Gasteiger partial charge in [0.2, 0.25) is 5.95 Å². The van der Waals surface area contributed by atoms with Crippen molar-refractivity contribution in [2.24, 2.45) is 0 Å².